The van der Waals surface area contributed by atoms with Crippen LogP contribution in [0.5, 0.6) is 0 Å². The van der Waals surface area contributed by atoms with Gasteiger partial charge in [0, 0.05) is 19.5 Å². The standard InChI is InChI=1S/C13H24N4O4/c1-12(2,10(20)14-6-5-8-18)16-17-13(3,4)11(21)15-7-9-19/h8,19H,5-7,9H2,1-4H3,(H,14,20)(H,15,21). The van der Waals surface area contributed by atoms with E-state index in [9.17, 15) is 14.4 Å². The molecule has 0 aliphatic rings. The molecule has 0 radical (unpaired) electrons. The summed E-state index contributed by atoms with van der Waals surface area (Å²) in [7, 11) is 0. The van der Waals surface area contributed by atoms with Gasteiger partial charge < -0.3 is 20.5 Å². The predicted octanol–water partition coefficient (Wildman–Crippen LogP) is -0.190. The van der Waals surface area contributed by atoms with E-state index in [0.717, 1.165) is 0 Å². The maximum Gasteiger partial charge on any atom is 0.249 e. The Hall–Kier alpha value is -1.83. The van der Waals surface area contributed by atoms with Crippen molar-refractivity contribution in [3.8, 4) is 0 Å². The molecule has 0 aliphatic heterocycles. The van der Waals surface area contributed by atoms with Crippen molar-refractivity contribution in [1.29, 1.82) is 0 Å². The number of hydrogen-bond acceptors (Lipinski definition) is 6. The third-order valence-corrected chi connectivity index (χ3v) is 2.61. The molecule has 0 aromatic heterocycles. The lowest BCUT2D eigenvalue weighted by atomic mass is 10.0. The van der Waals surface area contributed by atoms with Crippen LogP contribution in [0, 0.1) is 0 Å². The van der Waals surface area contributed by atoms with Gasteiger partial charge in [0.1, 0.15) is 6.29 Å². The minimum Gasteiger partial charge on any atom is -0.395 e. The van der Waals surface area contributed by atoms with Crippen LogP contribution in [0.3, 0.4) is 0 Å². The molecular weight excluding hydrogens is 276 g/mol. The summed E-state index contributed by atoms with van der Waals surface area (Å²) in [5.41, 5.74) is -2.28. The average Bonchev–Trinajstić information content (AvgIpc) is 2.42. The van der Waals surface area contributed by atoms with Gasteiger partial charge in [-0.1, -0.05) is 0 Å². The van der Waals surface area contributed by atoms with E-state index >= 15 is 0 Å². The number of carbonyl (C=O) groups is 3. The van der Waals surface area contributed by atoms with Crippen molar-refractivity contribution in [1.82, 2.24) is 10.6 Å². The molecule has 0 aliphatic carbocycles. The van der Waals surface area contributed by atoms with Crippen molar-refractivity contribution in [3.05, 3.63) is 0 Å². The second-order valence-electron chi connectivity index (χ2n) is 5.51. The smallest absolute Gasteiger partial charge is 0.249 e. The summed E-state index contributed by atoms with van der Waals surface area (Å²) >= 11 is 0. The van der Waals surface area contributed by atoms with Crippen LogP contribution in [0.15, 0.2) is 10.2 Å². The summed E-state index contributed by atoms with van der Waals surface area (Å²) in [6.45, 7) is 6.45. The fourth-order valence-corrected chi connectivity index (χ4v) is 1.19. The molecule has 0 heterocycles. The summed E-state index contributed by atoms with van der Waals surface area (Å²) in [6, 6.07) is 0. The highest BCUT2D eigenvalue weighted by Crippen LogP contribution is 2.16. The Morgan fingerprint density at radius 1 is 1.00 bits per heavy atom. The van der Waals surface area contributed by atoms with E-state index in [1.165, 1.54) is 0 Å². The topological polar surface area (TPSA) is 120 Å². The lowest BCUT2D eigenvalue weighted by molar-refractivity contribution is -0.127. The van der Waals surface area contributed by atoms with Gasteiger partial charge in [0.25, 0.3) is 0 Å². The maximum atomic E-state index is 11.9. The highest BCUT2D eigenvalue weighted by molar-refractivity contribution is 5.86. The number of amides is 2. The van der Waals surface area contributed by atoms with Gasteiger partial charge in [0.2, 0.25) is 11.8 Å². The number of nitrogens with zero attached hydrogens (tertiary/aromatic N) is 2. The quantitative estimate of drug-likeness (QED) is 0.310. The number of nitrogens with one attached hydrogen (secondary N) is 2. The number of rotatable bonds is 9. The fraction of sp³-hybridized carbons (Fsp3) is 0.769. The van der Waals surface area contributed by atoms with Gasteiger partial charge in [-0.2, -0.15) is 10.2 Å². The van der Waals surface area contributed by atoms with Crippen molar-refractivity contribution < 1.29 is 19.5 Å². The van der Waals surface area contributed by atoms with Crippen molar-refractivity contribution in [2.24, 2.45) is 10.2 Å². The van der Waals surface area contributed by atoms with Crippen LogP contribution in [0.25, 0.3) is 0 Å². The van der Waals surface area contributed by atoms with Crippen molar-refractivity contribution >= 4 is 18.1 Å². The molecule has 8 nitrogen and oxygen atoms in total. The highest BCUT2D eigenvalue weighted by atomic mass is 16.3. The molecular formula is C13H24N4O4. The predicted molar refractivity (Wildman–Crippen MR) is 76.8 cm³/mol. The molecule has 0 spiro atoms. The molecule has 0 rings (SSSR count). The van der Waals surface area contributed by atoms with Crippen LogP contribution < -0.4 is 10.6 Å². The molecule has 21 heavy (non-hydrogen) atoms. The zero-order valence-electron chi connectivity index (χ0n) is 13.0. The first-order valence-corrected chi connectivity index (χ1v) is 6.72. The van der Waals surface area contributed by atoms with E-state index in [2.05, 4.69) is 20.9 Å². The molecule has 0 aromatic carbocycles. The number of hydrogen-bond donors (Lipinski definition) is 3. The SMILES string of the molecule is CC(C)(N=NC(C)(C)C(=O)NCCC=O)C(=O)NCCO. The molecule has 0 unspecified atom stereocenters. The van der Waals surface area contributed by atoms with Gasteiger partial charge in [-0.3, -0.25) is 9.59 Å². The van der Waals surface area contributed by atoms with E-state index in [1.807, 2.05) is 0 Å². The highest BCUT2D eigenvalue weighted by Gasteiger charge is 2.31. The third-order valence-electron chi connectivity index (χ3n) is 2.61. The zero-order valence-corrected chi connectivity index (χ0v) is 13.0. The van der Waals surface area contributed by atoms with Gasteiger partial charge >= 0.3 is 0 Å². The van der Waals surface area contributed by atoms with Crippen molar-refractivity contribution in [3.63, 3.8) is 0 Å². The zero-order chi connectivity index (χ0) is 16.5. The Bertz CT molecular complexity index is 405. The van der Waals surface area contributed by atoms with Crippen molar-refractivity contribution in [2.45, 2.75) is 45.2 Å². The van der Waals surface area contributed by atoms with Crippen LogP contribution in [0.4, 0.5) is 0 Å². The van der Waals surface area contributed by atoms with Crippen LogP contribution in [0.1, 0.15) is 34.1 Å². The Morgan fingerprint density at radius 3 is 1.81 bits per heavy atom. The number of carbonyl (C=O) groups excluding carboxylic acids is 3. The van der Waals surface area contributed by atoms with Crippen molar-refractivity contribution in [2.75, 3.05) is 19.7 Å². The second kappa shape index (κ2) is 8.46. The molecule has 0 saturated heterocycles. The second-order valence-corrected chi connectivity index (χ2v) is 5.51. The van der Waals surface area contributed by atoms with Crippen LogP contribution in [-0.4, -0.2) is 54.0 Å². The molecule has 0 saturated carbocycles. The first-order chi connectivity index (χ1) is 9.67. The third kappa shape index (κ3) is 6.94. The summed E-state index contributed by atoms with van der Waals surface area (Å²) in [4.78, 5) is 33.9. The van der Waals surface area contributed by atoms with Gasteiger partial charge in [-0.05, 0) is 27.7 Å². The first-order valence-electron chi connectivity index (χ1n) is 6.72. The van der Waals surface area contributed by atoms with E-state index in [0.29, 0.717) is 6.29 Å². The molecule has 8 heteroatoms. The van der Waals surface area contributed by atoms with Gasteiger partial charge in [-0.15, -0.1) is 0 Å². The first kappa shape index (κ1) is 19.2. The van der Waals surface area contributed by atoms with Crippen LogP contribution in [-0.2, 0) is 14.4 Å². The lowest BCUT2D eigenvalue weighted by Gasteiger charge is -2.21. The minimum absolute atomic E-state index is 0.132. The largest absolute Gasteiger partial charge is 0.395 e. The Balaban J connectivity index is 4.69. The summed E-state index contributed by atoms with van der Waals surface area (Å²) in [5.74, 6) is -0.767. The van der Waals surface area contributed by atoms with Gasteiger partial charge in [0.15, 0.2) is 11.1 Å². The van der Waals surface area contributed by atoms with E-state index in [1.54, 1.807) is 27.7 Å². The number of azo groups is 1. The van der Waals surface area contributed by atoms with Gasteiger partial charge in [-0.25, -0.2) is 0 Å². The Kier molecular flexibility index (Phi) is 7.72. The normalized spacial score (nSPS) is 12.2. The fourth-order valence-electron chi connectivity index (χ4n) is 1.19. The van der Waals surface area contributed by atoms with Crippen LogP contribution >= 0.6 is 0 Å². The van der Waals surface area contributed by atoms with Crippen LogP contribution in [0.2, 0.25) is 0 Å². The summed E-state index contributed by atoms with van der Waals surface area (Å²) in [6.07, 6.45) is 0.942. The molecule has 120 valence electrons. The monoisotopic (exact) mass is 300 g/mol. The van der Waals surface area contributed by atoms with E-state index < -0.39 is 17.0 Å². The minimum atomic E-state index is -1.14. The molecule has 0 bridgehead atoms. The average molecular weight is 300 g/mol. The molecule has 2 amide bonds. The van der Waals surface area contributed by atoms with Gasteiger partial charge in [0.05, 0.1) is 6.61 Å². The molecule has 0 atom stereocenters. The maximum absolute atomic E-state index is 11.9. The number of aldehydes is 1. The summed E-state index contributed by atoms with van der Waals surface area (Å²) < 4.78 is 0. The Morgan fingerprint density at radius 2 is 1.43 bits per heavy atom. The van der Waals surface area contributed by atoms with E-state index in [4.69, 9.17) is 5.11 Å². The number of aliphatic hydroxyl groups is 1. The lowest BCUT2D eigenvalue weighted by Crippen LogP contribution is -2.44. The van der Waals surface area contributed by atoms with E-state index in [-0.39, 0.29) is 32.0 Å². The number of aliphatic hydroxyl groups excluding tert-OH is 1. The molecule has 3 N–H and O–H groups in total. The summed E-state index contributed by atoms with van der Waals surface area (Å²) in [5, 5.41) is 21.6. The molecule has 0 aromatic rings. The molecule has 0 fully saturated rings. The Labute approximate surface area is 124 Å².